The number of rotatable bonds is 8. The zero-order valence-electron chi connectivity index (χ0n) is 25.2. The van der Waals surface area contributed by atoms with Crippen LogP contribution in [0.15, 0.2) is 36.3 Å². The van der Waals surface area contributed by atoms with Gasteiger partial charge in [-0.25, -0.2) is 65.9 Å². The molecular weight excluding hydrogens is 706 g/mol. The predicted octanol–water partition coefficient (Wildman–Crippen LogP) is 7.59. The van der Waals surface area contributed by atoms with E-state index in [9.17, 15) is 13.2 Å². The van der Waals surface area contributed by atoms with Crippen LogP contribution in [0.3, 0.4) is 0 Å². The number of allylic oxidation sites excluding steroid dienone is 3. The van der Waals surface area contributed by atoms with E-state index in [1.54, 1.807) is 0 Å². The number of unbranched alkanes of at least 4 members (excludes halogenated alkanes) is 1. The van der Waals surface area contributed by atoms with Crippen molar-refractivity contribution in [3.8, 4) is 0 Å². The molecule has 17 heteroatoms. The minimum atomic E-state index is -5.83. The van der Waals surface area contributed by atoms with Crippen molar-refractivity contribution in [1.82, 2.24) is 0 Å². The number of fused-ring (bicyclic) bond motifs is 1. The third-order valence-electron chi connectivity index (χ3n) is 8.93. The second kappa shape index (κ2) is 13.2. The molecular formula is C33H19BF15N. The Kier molecular flexibility index (Phi) is 9.67. The molecule has 4 aromatic rings. The van der Waals surface area contributed by atoms with Gasteiger partial charge in [-0.1, -0.05) is 12.5 Å². The highest BCUT2D eigenvalue weighted by Crippen LogP contribution is 2.37. The Morgan fingerprint density at radius 3 is 1.28 bits per heavy atom. The average molecular weight is 725 g/mol. The number of benzene rings is 3. The van der Waals surface area contributed by atoms with Crippen LogP contribution in [0.2, 0.25) is 0 Å². The van der Waals surface area contributed by atoms with Crippen molar-refractivity contribution in [1.29, 1.82) is 0 Å². The largest absolute Gasteiger partial charge is 0.207 e. The first-order valence-corrected chi connectivity index (χ1v) is 14.5. The summed E-state index contributed by atoms with van der Waals surface area (Å²) >= 11 is 0. The van der Waals surface area contributed by atoms with Crippen molar-refractivity contribution < 1.29 is 70.4 Å². The lowest BCUT2D eigenvalue weighted by atomic mass is 9.11. The first kappa shape index (κ1) is 36.6. The molecule has 0 N–H and O–H groups in total. The van der Waals surface area contributed by atoms with Gasteiger partial charge >= 0.3 is 0 Å². The predicted molar refractivity (Wildman–Crippen MR) is 150 cm³/mol. The topological polar surface area (TPSA) is 3.88 Å². The van der Waals surface area contributed by atoms with E-state index in [4.69, 9.17) is 0 Å². The Balaban J connectivity index is 2.29. The van der Waals surface area contributed by atoms with E-state index in [2.05, 4.69) is 6.58 Å². The van der Waals surface area contributed by atoms with E-state index < -0.39 is 140 Å². The molecule has 0 amide bonds. The molecule has 0 fully saturated rings. The van der Waals surface area contributed by atoms with Crippen LogP contribution in [0.5, 0.6) is 0 Å². The second-order valence-corrected chi connectivity index (χ2v) is 11.5. The highest BCUT2D eigenvalue weighted by atomic mass is 19.2. The standard InChI is InChI=1S/C33H19BF15N/c1-3-4-5-9-15-14(11-10-13-8-6-7-12(2)50(13)15)34(16-19(35)25(41)31(47)26(42)20(16)36,17-21(37)27(43)32(48)28(44)22(17)38)18-23(39)29(45)33(49)30(46)24(18)40/h3,6-8H,1,4-5,9-11H2,2H3. The Morgan fingerprint density at radius 1 is 0.560 bits per heavy atom. The minimum Gasteiger partial charge on any atom is -0.207 e. The maximum atomic E-state index is 16.2. The third kappa shape index (κ3) is 5.10. The number of aromatic nitrogens is 1. The lowest BCUT2D eigenvalue weighted by molar-refractivity contribution is -0.601. The number of hydrogen-bond acceptors (Lipinski definition) is 0. The number of halogens is 15. The van der Waals surface area contributed by atoms with Gasteiger partial charge in [0.25, 0.3) is 0 Å². The van der Waals surface area contributed by atoms with Gasteiger partial charge in [0.05, 0.1) is 0 Å². The summed E-state index contributed by atoms with van der Waals surface area (Å²) in [6.07, 6.45) is -6.48. The summed E-state index contributed by atoms with van der Waals surface area (Å²) in [5, 5.41) is 0. The van der Waals surface area contributed by atoms with Crippen LogP contribution in [-0.2, 0) is 6.42 Å². The van der Waals surface area contributed by atoms with Gasteiger partial charge in [0.1, 0.15) is 46.7 Å². The quantitative estimate of drug-likeness (QED) is 0.0336. The first-order chi connectivity index (χ1) is 23.5. The van der Waals surface area contributed by atoms with E-state index in [0.29, 0.717) is 0 Å². The van der Waals surface area contributed by atoms with Gasteiger partial charge in [-0.2, -0.15) is 4.57 Å². The monoisotopic (exact) mass is 725 g/mol. The normalized spacial score (nSPS) is 13.3. The molecule has 0 aliphatic carbocycles. The molecule has 3 aromatic carbocycles. The highest BCUT2D eigenvalue weighted by molar-refractivity contribution is 7.16. The average Bonchev–Trinajstić information content (AvgIpc) is 3.09. The number of nitrogens with zero attached hydrogens (tertiary/aromatic N) is 1. The molecule has 1 aliphatic rings. The van der Waals surface area contributed by atoms with Crippen LogP contribution >= 0.6 is 0 Å². The first-order valence-electron chi connectivity index (χ1n) is 14.5. The summed E-state index contributed by atoms with van der Waals surface area (Å²) in [7, 11) is 0. The second-order valence-electron chi connectivity index (χ2n) is 11.5. The van der Waals surface area contributed by atoms with Crippen molar-refractivity contribution in [2.75, 3.05) is 0 Å². The molecule has 50 heavy (non-hydrogen) atoms. The van der Waals surface area contributed by atoms with Crippen molar-refractivity contribution in [2.24, 2.45) is 0 Å². The van der Waals surface area contributed by atoms with Crippen molar-refractivity contribution >= 4 is 28.2 Å². The van der Waals surface area contributed by atoms with Crippen LogP contribution in [0.25, 0.3) is 5.70 Å². The van der Waals surface area contributed by atoms with Gasteiger partial charge in [0.15, 0.2) is 63.7 Å². The van der Waals surface area contributed by atoms with Crippen molar-refractivity contribution in [3.05, 3.63) is 135 Å². The highest BCUT2D eigenvalue weighted by Gasteiger charge is 2.52. The van der Waals surface area contributed by atoms with Crippen LogP contribution in [-0.4, -0.2) is 6.15 Å². The van der Waals surface area contributed by atoms with E-state index >= 15 is 52.7 Å². The molecule has 1 aromatic heterocycles. The Labute approximate surface area is 272 Å². The van der Waals surface area contributed by atoms with E-state index in [1.165, 1.54) is 31.2 Å². The van der Waals surface area contributed by atoms with Crippen LogP contribution < -0.4 is 21.0 Å². The maximum absolute atomic E-state index is 16.2. The van der Waals surface area contributed by atoms with E-state index in [-0.39, 0.29) is 24.2 Å². The Morgan fingerprint density at radius 2 is 0.920 bits per heavy atom. The molecule has 2 heterocycles. The zero-order valence-corrected chi connectivity index (χ0v) is 25.2. The maximum Gasteiger partial charge on any atom is 0.200 e. The van der Waals surface area contributed by atoms with Gasteiger partial charge in [0, 0.05) is 31.9 Å². The third-order valence-corrected chi connectivity index (χ3v) is 8.93. The Hall–Kier alpha value is -4.70. The fourth-order valence-corrected chi connectivity index (χ4v) is 6.92. The van der Waals surface area contributed by atoms with Crippen LogP contribution in [0.1, 0.15) is 37.1 Å². The molecule has 1 nitrogen and oxygen atoms in total. The molecule has 0 spiro atoms. The van der Waals surface area contributed by atoms with E-state index in [1.807, 2.05) is 0 Å². The van der Waals surface area contributed by atoms with Crippen LogP contribution in [0.4, 0.5) is 65.9 Å². The molecule has 264 valence electrons. The summed E-state index contributed by atoms with van der Waals surface area (Å²) in [5.74, 6) is -45.2. The fourth-order valence-electron chi connectivity index (χ4n) is 6.92. The Bertz CT molecular complexity index is 1890. The lowest BCUT2D eigenvalue weighted by Crippen LogP contribution is -2.75. The molecule has 5 rings (SSSR count). The molecule has 0 atom stereocenters. The molecule has 0 bridgehead atoms. The molecule has 1 aliphatic heterocycles. The number of hydrogen-bond donors (Lipinski definition) is 0. The van der Waals surface area contributed by atoms with E-state index in [0.717, 1.165) is 4.57 Å². The summed E-state index contributed by atoms with van der Waals surface area (Å²) in [4.78, 5) is 0. The molecule has 0 radical (unpaired) electrons. The summed E-state index contributed by atoms with van der Waals surface area (Å²) in [6.45, 7) is 4.86. The number of pyridine rings is 1. The smallest absolute Gasteiger partial charge is 0.200 e. The van der Waals surface area contributed by atoms with Crippen LogP contribution in [0, 0.1) is 94.2 Å². The fraction of sp³-hybridized carbons (Fsp3) is 0.182. The van der Waals surface area contributed by atoms with Gasteiger partial charge in [-0.15, -0.1) is 28.4 Å². The summed E-state index contributed by atoms with van der Waals surface area (Å²) in [5.41, 5.74) is -9.13. The van der Waals surface area contributed by atoms with Crippen molar-refractivity contribution in [2.45, 2.75) is 39.0 Å². The lowest BCUT2D eigenvalue weighted by Gasteiger charge is -2.47. The van der Waals surface area contributed by atoms with Gasteiger partial charge < -0.3 is 0 Å². The summed E-state index contributed by atoms with van der Waals surface area (Å²) in [6, 6.07) is 4.26. The molecule has 0 unspecified atom stereocenters. The van der Waals surface area contributed by atoms with Gasteiger partial charge in [0.2, 0.25) is 0 Å². The summed E-state index contributed by atoms with van der Waals surface area (Å²) < 4.78 is 232. The molecule has 0 saturated carbocycles. The number of aryl methyl sites for hydroxylation is 2. The van der Waals surface area contributed by atoms with Crippen molar-refractivity contribution in [3.63, 3.8) is 0 Å². The van der Waals surface area contributed by atoms with Gasteiger partial charge in [-0.3, -0.25) is 0 Å². The minimum absolute atomic E-state index is 0.0616. The van der Waals surface area contributed by atoms with Gasteiger partial charge in [-0.05, 0) is 18.9 Å². The zero-order chi connectivity index (χ0) is 37.1. The SMILES string of the molecule is C=CCCCC1=C([B-](c2c(F)c(F)c(F)c(F)c2F)(c2c(F)c(F)c(F)c(F)c2F)c2c(F)c(F)c(F)c(F)c2F)CCc2cccc(C)[n+]21. The molecule has 0 saturated heterocycles.